The molecule has 0 amide bonds. The number of alkyl halides is 2. The summed E-state index contributed by atoms with van der Waals surface area (Å²) in [5, 5.41) is 48.9. The number of halogens is 2. The van der Waals surface area contributed by atoms with Crippen LogP contribution < -0.4 is 0 Å². The maximum atomic E-state index is 14.1. The van der Waals surface area contributed by atoms with Crippen molar-refractivity contribution in [3.8, 4) is 0 Å². The third-order valence-corrected chi connectivity index (χ3v) is 3.12. The molecule has 22 heteroatoms. The van der Waals surface area contributed by atoms with Crippen molar-refractivity contribution in [3.05, 3.63) is 61.3 Å². The van der Waals surface area contributed by atoms with Gasteiger partial charge in [0.25, 0.3) is 0 Å². The monoisotopic (exact) mass is 443 g/mol. The van der Waals surface area contributed by atoms with Crippen LogP contribution in [0.1, 0.15) is 0 Å². The van der Waals surface area contributed by atoms with Gasteiger partial charge in [-0.2, -0.15) is 0 Å². The highest BCUT2D eigenvalue weighted by molar-refractivity contribution is 4.71. The van der Waals surface area contributed by atoms with E-state index in [1.807, 2.05) is 0 Å². The molecule has 0 rings (SSSR count). The van der Waals surface area contributed by atoms with Crippen LogP contribution >= 0.6 is 0 Å². The molecular formula is C8H11F2N11O9. The first kappa shape index (κ1) is 26.0. The second kappa shape index (κ2) is 11.1. The Morgan fingerprint density at radius 2 is 1.37 bits per heavy atom. The topological polar surface area (TPSA) is 283 Å². The number of rotatable bonds is 15. The van der Waals surface area contributed by atoms with E-state index in [2.05, 4.69) is 20.1 Å². The fourth-order valence-corrected chi connectivity index (χ4v) is 1.72. The van der Waals surface area contributed by atoms with Gasteiger partial charge in [-0.25, -0.2) is 4.90 Å². The molecule has 0 N–H and O–H groups in total. The van der Waals surface area contributed by atoms with Crippen LogP contribution in [-0.2, 0) is 4.74 Å². The maximum Gasteiger partial charge on any atom is 0.626 e. The molecule has 0 fully saturated rings. The van der Waals surface area contributed by atoms with Gasteiger partial charge in [-0.15, -0.1) is 0 Å². The summed E-state index contributed by atoms with van der Waals surface area (Å²) in [5.74, 6) is -9.04. The van der Waals surface area contributed by atoms with Crippen molar-refractivity contribution in [2.24, 2.45) is 10.2 Å². The number of hydrogen-bond acceptors (Lipinski definition) is 12. The summed E-state index contributed by atoms with van der Waals surface area (Å²) < 4.78 is 32.9. The molecule has 0 heterocycles. The van der Waals surface area contributed by atoms with Crippen molar-refractivity contribution in [1.29, 1.82) is 0 Å². The first-order valence-electron chi connectivity index (χ1n) is 7.16. The Labute approximate surface area is 161 Å². The molecule has 0 aromatic heterocycles. The van der Waals surface area contributed by atoms with Crippen LogP contribution in [-0.4, -0.2) is 75.4 Å². The zero-order chi connectivity index (χ0) is 23.5. The van der Waals surface area contributed by atoms with Gasteiger partial charge in [0.2, 0.25) is 0 Å². The zero-order valence-electron chi connectivity index (χ0n) is 14.5. The van der Waals surface area contributed by atoms with Crippen LogP contribution in [0.2, 0.25) is 0 Å². The van der Waals surface area contributed by atoms with Gasteiger partial charge in [-0.3, -0.25) is 40.5 Å². The van der Waals surface area contributed by atoms with E-state index in [4.69, 9.17) is 15.8 Å². The predicted molar refractivity (Wildman–Crippen MR) is 85.0 cm³/mol. The standard InChI is InChI=1S/C8H11F2N11O9/c9-7(18(22)23,19(24)25)3-17(4-8(10,20(26)27)21(28)29)5-30-2-6(14-16-12)1-13-15-11/h6H,1-5H2. The predicted octanol–water partition coefficient (Wildman–Crippen LogP) is 0.605. The van der Waals surface area contributed by atoms with Crippen molar-refractivity contribution in [3.63, 3.8) is 0 Å². The number of ether oxygens (including phenoxy) is 1. The molecule has 1 atom stereocenters. The summed E-state index contributed by atoms with van der Waals surface area (Å²) in [7, 11) is 0. The van der Waals surface area contributed by atoms with Crippen molar-refractivity contribution in [2.75, 3.05) is 33.0 Å². The Kier molecular flexibility index (Phi) is 9.63. The third-order valence-electron chi connectivity index (χ3n) is 3.12. The van der Waals surface area contributed by atoms with E-state index < -0.39 is 70.5 Å². The minimum atomic E-state index is -4.52. The molecule has 0 aliphatic carbocycles. The van der Waals surface area contributed by atoms with Crippen molar-refractivity contribution >= 4 is 0 Å². The normalized spacial score (nSPS) is 12.4. The third kappa shape index (κ3) is 6.87. The fraction of sp³-hybridized carbons (Fsp3) is 1.00. The lowest BCUT2D eigenvalue weighted by Crippen LogP contribution is -2.57. The summed E-state index contributed by atoms with van der Waals surface area (Å²) in [6.45, 7) is -6.37. The average molecular weight is 443 g/mol. The van der Waals surface area contributed by atoms with E-state index in [1.54, 1.807) is 0 Å². The maximum absolute atomic E-state index is 14.1. The summed E-state index contributed by atoms with van der Waals surface area (Å²) in [4.78, 5) is 39.2. The summed E-state index contributed by atoms with van der Waals surface area (Å²) in [6.07, 6.45) is 0. The molecule has 0 radical (unpaired) electrons. The summed E-state index contributed by atoms with van der Waals surface area (Å²) >= 11 is 0. The van der Waals surface area contributed by atoms with Crippen LogP contribution in [0.15, 0.2) is 10.2 Å². The zero-order valence-corrected chi connectivity index (χ0v) is 14.5. The van der Waals surface area contributed by atoms with Gasteiger partial charge < -0.3 is 4.74 Å². The molecule has 0 bridgehead atoms. The second-order valence-electron chi connectivity index (χ2n) is 5.23. The highest BCUT2D eigenvalue weighted by atomic mass is 19.2. The van der Waals surface area contributed by atoms with E-state index in [0.29, 0.717) is 0 Å². The molecule has 20 nitrogen and oxygen atoms in total. The molecule has 0 aliphatic rings. The number of nitro groups is 4. The Morgan fingerprint density at radius 3 is 1.70 bits per heavy atom. The molecule has 166 valence electrons. The first-order chi connectivity index (χ1) is 13.8. The summed E-state index contributed by atoms with van der Waals surface area (Å²) in [5.41, 5.74) is 16.5. The molecule has 0 aliphatic heterocycles. The number of hydrogen-bond donors (Lipinski definition) is 0. The lowest BCUT2D eigenvalue weighted by atomic mass is 10.3. The van der Waals surface area contributed by atoms with Crippen LogP contribution in [0.5, 0.6) is 0 Å². The van der Waals surface area contributed by atoms with Gasteiger partial charge in [0.05, 0.1) is 12.6 Å². The lowest BCUT2D eigenvalue weighted by Gasteiger charge is -2.23. The average Bonchev–Trinajstić information content (AvgIpc) is 2.64. The summed E-state index contributed by atoms with van der Waals surface area (Å²) in [6, 6.07) is -1.21. The van der Waals surface area contributed by atoms with Gasteiger partial charge in [0.1, 0.15) is 26.4 Å². The van der Waals surface area contributed by atoms with Crippen LogP contribution in [0.3, 0.4) is 0 Å². The van der Waals surface area contributed by atoms with E-state index in [-0.39, 0.29) is 4.90 Å². The largest absolute Gasteiger partial charge is 0.626 e. The molecule has 30 heavy (non-hydrogen) atoms. The van der Waals surface area contributed by atoms with Crippen LogP contribution in [0, 0.1) is 40.5 Å². The quantitative estimate of drug-likeness (QED) is 0.0645. The molecule has 0 saturated carbocycles. The first-order valence-corrected chi connectivity index (χ1v) is 7.16. The second-order valence-corrected chi connectivity index (χ2v) is 5.23. The number of nitrogens with zero attached hydrogens (tertiary/aromatic N) is 11. The van der Waals surface area contributed by atoms with Crippen molar-refractivity contribution in [1.82, 2.24) is 4.90 Å². The van der Waals surface area contributed by atoms with Gasteiger partial charge in [0.15, 0.2) is 13.1 Å². The molecule has 1 unspecified atom stereocenters. The molecular weight excluding hydrogens is 432 g/mol. The van der Waals surface area contributed by atoms with Crippen molar-refractivity contribution in [2.45, 2.75) is 17.9 Å². The Hall–Kier alpha value is -4.00. The van der Waals surface area contributed by atoms with Crippen LogP contribution in [0.25, 0.3) is 20.9 Å². The molecule has 0 spiro atoms. The minimum Gasteiger partial charge on any atom is -0.366 e. The van der Waals surface area contributed by atoms with Crippen molar-refractivity contribution < 1.29 is 33.2 Å². The number of azide groups is 2. The smallest absolute Gasteiger partial charge is 0.366 e. The Balaban J connectivity index is 5.67. The SMILES string of the molecule is [N-]=[N+]=NCC(COCN(CC(F)([N+](=O)[O-])[N+](=O)[O-])CC(F)([N+](=O)[O-])[N+](=O)[O-])N=[N+]=[N-]. The lowest BCUT2D eigenvalue weighted by molar-refractivity contribution is -0.838. The van der Waals surface area contributed by atoms with E-state index in [0.717, 1.165) is 0 Å². The van der Waals surface area contributed by atoms with Crippen LogP contribution in [0.4, 0.5) is 8.78 Å². The van der Waals surface area contributed by atoms with Gasteiger partial charge in [-0.1, -0.05) is 19.0 Å². The molecule has 0 aromatic carbocycles. The van der Waals surface area contributed by atoms with E-state index in [9.17, 15) is 49.2 Å². The highest BCUT2D eigenvalue weighted by Crippen LogP contribution is 2.20. The van der Waals surface area contributed by atoms with Gasteiger partial charge >= 0.3 is 11.8 Å². The highest BCUT2D eigenvalue weighted by Gasteiger charge is 2.64. The molecule has 0 aromatic rings. The van der Waals surface area contributed by atoms with Gasteiger partial charge in [-0.05, 0) is 11.1 Å². The minimum absolute atomic E-state index is 0.0993. The van der Waals surface area contributed by atoms with E-state index >= 15 is 0 Å². The Bertz CT molecular complexity index is 715. The fourth-order valence-electron chi connectivity index (χ4n) is 1.72. The van der Waals surface area contributed by atoms with Gasteiger partial charge in [0, 0.05) is 16.4 Å². The Morgan fingerprint density at radius 1 is 0.933 bits per heavy atom. The van der Waals surface area contributed by atoms with E-state index in [1.165, 1.54) is 0 Å². The molecule has 0 saturated heterocycles.